The second kappa shape index (κ2) is 9.21. The van der Waals surface area contributed by atoms with Gasteiger partial charge < -0.3 is 15.0 Å². The Bertz CT molecular complexity index is 1140. The van der Waals surface area contributed by atoms with Crippen molar-refractivity contribution in [3.05, 3.63) is 77.1 Å². The highest BCUT2D eigenvalue weighted by molar-refractivity contribution is 6.47. The number of nitrogens with one attached hydrogen (secondary N) is 2. The van der Waals surface area contributed by atoms with E-state index in [0.29, 0.717) is 28.1 Å². The number of ether oxygens (including phenoxy) is 1. The molecule has 0 radical (unpaired) electrons. The minimum absolute atomic E-state index is 0.00427. The molecule has 2 aromatic carbocycles. The fourth-order valence-electron chi connectivity index (χ4n) is 3.24. The number of Topliss-reactive ketones (excluding diaryl/α,β-unsaturated/α-hetero) is 2. The van der Waals surface area contributed by atoms with Crippen molar-refractivity contribution in [3.63, 3.8) is 0 Å². The first-order chi connectivity index (χ1) is 14.8. The summed E-state index contributed by atoms with van der Waals surface area (Å²) in [6.45, 7) is 4.96. The lowest BCUT2D eigenvalue weighted by atomic mass is 9.98. The van der Waals surface area contributed by atoms with E-state index in [2.05, 4.69) is 10.3 Å². The number of hydrogen-bond acceptors (Lipinski definition) is 5. The van der Waals surface area contributed by atoms with Gasteiger partial charge in [0.2, 0.25) is 0 Å². The zero-order chi connectivity index (χ0) is 22.5. The van der Waals surface area contributed by atoms with Crippen molar-refractivity contribution in [2.75, 3.05) is 11.9 Å². The molecule has 158 valence electrons. The fourth-order valence-corrected chi connectivity index (χ4v) is 3.24. The van der Waals surface area contributed by atoms with Gasteiger partial charge in [0.05, 0.1) is 12.2 Å². The number of ketones is 2. The van der Waals surface area contributed by atoms with Gasteiger partial charge >= 0.3 is 5.97 Å². The Morgan fingerprint density at radius 1 is 0.968 bits per heavy atom. The Morgan fingerprint density at radius 2 is 1.61 bits per heavy atom. The maximum atomic E-state index is 13.0. The minimum Gasteiger partial charge on any atom is -0.462 e. The number of carbonyl (C=O) groups is 4. The van der Waals surface area contributed by atoms with Gasteiger partial charge in [0.15, 0.2) is 5.78 Å². The molecule has 2 N–H and O–H groups in total. The Kier molecular flexibility index (Phi) is 6.45. The third-order valence-electron chi connectivity index (χ3n) is 4.71. The number of aromatic amines is 1. The topological polar surface area (TPSA) is 105 Å². The highest BCUT2D eigenvalue weighted by Crippen LogP contribution is 2.31. The van der Waals surface area contributed by atoms with Crippen LogP contribution in [0.25, 0.3) is 11.1 Å². The van der Waals surface area contributed by atoms with Gasteiger partial charge in [0, 0.05) is 22.5 Å². The largest absolute Gasteiger partial charge is 0.462 e. The molecule has 7 nitrogen and oxygen atoms in total. The molecule has 1 heterocycles. The van der Waals surface area contributed by atoms with Gasteiger partial charge in [-0.3, -0.25) is 14.4 Å². The van der Waals surface area contributed by atoms with E-state index in [9.17, 15) is 19.2 Å². The van der Waals surface area contributed by atoms with Crippen molar-refractivity contribution in [2.45, 2.75) is 20.8 Å². The molecular weight excluding hydrogens is 396 g/mol. The van der Waals surface area contributed by atoms with E-state index in [1.165, 1.54) is 6.92 Å². The third-order valence-corrected chi connectivity index (χ3v) is 4.71. The molecule has 0 fully saturated rings. The van der Waals surface area contributed by atoms with E-state index < -0.39 is 17.7 Å². The van der Waals surface area contributed by atoms with Crippen molar-refractivity contribution in [2.24, 2.45) is 0 Å². The van der Waals surface area contributed by atoms with Crippen molar-refractivity contribution in [1.82, 2.24) is 4.98 Å². The van der Waals surface area contributed by atoms with Crippen molar-refractivity contribution < 1.29 is 23.9 Å². The van der Waals surface area contributed by atoms with E-state index in [1.807, 2.05) is 6.07 Å². The van der Waals surface area contributed by atoms with Crippen LogP contribution in [0.1, 0.15) is 50.7 Å². The van der Waals surface area contributed by atoms with Crippen molar-refractivity contribution in [1.29, 1.82) is 0 Å². The predicted molar refractivity (Wildman–Crippen MR) is 116 cm³/mol. The number of hydrogen-bond donors (Lipinski definition) is 2. The monoisotopic (exact) mass is 418 g/mol. The molecular formula is C24H22N2O5. The molecule has 3 rings (SSSR count). The van der Waals surface area contributed by atoms with Gasteiger partial charge in [-0.25, -0.2) is 4.79 Å². The average Bonchev–Trinajstić information content (AvgIpc) is 3.11. The number of benzene rings is 2. The van der Waals surface area contributed by atoms with Crippen LogP contribution in [0.3, 0.4) is 0 Å². The average molecular weight is 418 g/mol. The standard InChI is InChI=1S/C24H22N2O5/c1-4-31-24(30)19-14(2)25-21(20(19)17-8-6-5-7-9-17)22(28)23(29)26-18-12-10-16(11-13-18)15(3)27/h5-13,25H,4H2,1-3H3,(H,26,29). The summed E-state index contributed by atoms with van der Waals surface area (Å²) in [6.07, 6.45) is 0. The van der Waals surface area contributed by atoms with Crippen LogP contribution in [0.4, 0.5) is 5.69 Å². The SMILES string of the molecule is CCOC(=O)c1c(C)[nH]c(C(=O)C(=O)Nc2ccc(C(C)=O)cc2)c1-c1ccccc1. The summed E-state index contributed by atoms with van der Waals surface area (Å²) >= 11 is 0. The number of carbonyl (C=O) groups excluding carboxylic acids is 4. The predicted octanol–water partition coefficient (Wildman–Crippen LogP) is 4.19. The normalized spacial score (nSPS) is 10.4. The second-order valence-corrected chi connectivity index (χ2v) is 6.88. The molecule has 3 aromatic rings. The lowest BCUT2D eigenvalue weighted by molar-refractivity contribution is -0.112. The quantitative estimate of drug-likeness (QED) is 0.340. The number of rotatable bonds is 7. The van der Waals surface area contributed by atoms with Gasteiger partial charge in [-0.15, -0.1) is 0 Å². The zero-order valence-corrected chi connectivity index (χ0v) is 17.4. The van der Waals surface area contributed by atoms with Crippen molar-refractivity contribution >= 4 is 29.1 Å². The van der Waals surface area contributed by atoms with Gasteiger partial charge in [-0.05, 0) is 50.6 Å². The number of esters is 1. The van der Waals surface area contributed by atoms with Crippen LogP contribution in [0.15, 0.2) is 54.6 Å². The summed E-state index contributed by atoms with van der Waals surface area (Å²) in [7, 11) is 0. The minimum atomic E-state index is -0.871. The van der Waals surface area contributed by atoms with Crippen LogP contribution in [0, 0.1) is 6.92 Å². The molecule has 7 heteroatoms. The molecule has 1 amide bonds. The van der Waals surface area contributed by atoms with Crippen molar-refractivity contribution in [3.8, 4) is 11.1 Å². The van der Waals surface area contributed by atoms with Crippen LogP contribution in [0.2, 0.25) is 0 Å². The lowest BCUT2D eigenvalue weighted by Gasteiger charge is -2.08. The molecule has 0 aliphatic rings. The van der Waals surface area contributed by atoms with E-state index in [-0.39, 0.29) is 23.6 Å². The molecule has 0 saturated carbocycles. The van der Waals surface area contributed by atoms with Crippen LogP contribution < -0.4 is 5.32 Å². The Labute approximate surface area is 179 Å². The summed E-state index contributed by atoms with van der Waals surface area (Å²) in [6, 6.07) is 15.1. The van der Waals surface area contributed by atoms with Gasteiger partial charge in [0.1, 0.15) is 5.69 Å². The third kappa shape index (κ3) is 4.61. The summed E-state index contributed by atoms with van der Waals surface area (Å²) < 4.78 is 5.15. The van der Waals surface area contributed by atoms with Crippen LogP contribution in [-0.4, -0.2) is 35.0 Å². The maximum absolute atomic E-state index is 13.0. The summed E-state index contributed by atoms with van der Waals surface area (Å²) in [5, 5.41) is 2.53. The van der Waals surface area contributed by atoms with E-state index in [4.69, 9.17) is 4.74 Å². The molecule has 0 saturated heterocycles. The molecule has 31 heavy (non-hydrogen) atoms. The maximum Gasteiger partial charge on any atom is 0.340 e. The highest BCUT2D eigenvalue weighted by atomic mass is 16.5. The lowest BCUT2D eigenvalue weighted by Crippen LogP contribution is -2.24. The van der Waals surface area contributed by atoms with Crippen LogP contribution >= 0.6 is 0 Å². The van der Waals surface area contributed by atoms with Gasteiger partial charge in [-0.2, -0.15) is 0 Å². The Morgan fingerprint density at radius 3 is 2.19 bits per heavy atom. The summed E-state index contributed by atoms with van der Waals surface area (Å²) in [5.41, 5.74) is 2.45. The Balaban J connectivity index is 1.98. The molecule has 0 bridgehead atoms. The van der Waals surface area contributed by atoms with Gasteiger partial charge in [0.25, 0.3) is 11.7 Å². The molecule has 0 unspecified atom stereocenters. The number of aromatic nitrogens is 1. The van der Waals surface area contributed by atoms with Crippen LogP contribution in [-0.2, 0) is 9.53 Å². The number of amides is 1. The number of aryl methyl sites for hydroxylation is 1. The van der Waals surface area contributed by atoms with E-state index >= 15 is 0 Å². The fraction of sp³-hybridized carbons (Fsp3) is 0.167. The molecule has 0 aliphatic heterocycles. The molecule has 0 atom stereocenters. The molecule has 0 aliphatic carbocycles. The first kappa shape index (κ1) is 21.7. The smallest absolute Gasteiger partial charge is 0.340 e. The number of H-pyrrole nitrogens is 1. The zero-order valence-electron chi connectivity index (χ0n) is 17.4. The number of anilines is 1. The second-order valence-electron chi connectivity index (χ2n) is 6.88. The first-order valence-corrected chi connectivity index (χ1v) is 9.75. The van der Waals surface area contributed by atoms with E-state index in [0.717, 1.165) is 0 Å². The highest BCUT2D eigenvalue weighted by Gasteiger charge is 2.29. The summed E-state index contributed by atoms with van der Waals surface area (Å²) in [4.78, 5) is 52.5. The summed E-state index contributed by atoms with van der Waals surface area (Å²) in [5.74, 6) is -2.37. The first-order valence-electron chi connectivity index (χ1n) is 9.75. The molecule has 1 aromatic heterocycles. The van der Waals surface area contributed by atoms with Gasteiger partial charge in [-0.1, -0.05) is 30.3 Å². The molecule has 0 spiro atoms. The van der Waals surface area contributed by atoms with E-state index in [1.54, 1.807) is 62.4 Å². The Hall–Kier alpha value is -4.00. The van der Waals surface area contributed by atoms with Crippen LogP contribution in [0.5, 0.6) is 0 Å².